The first kappa shape index (κ1) is 9.18. The van der Waals surface area contributed by atoms with Gasteiger partial charge in [0.15, 0.2) is 0 Å². The van der Waals surface area contributed by atoms with Crippen molar-refractivity contribution < 1.29 is 4.92 Å². The van der Waals surface area contributed by atoms with E-state index >= 15 is 0 Å². The van der Waals surface area contributed by atoms with E-state index in [1.165, 1.54) is 10.8 Å². The fourth-order valence-corrected chi connectivity index (χ4v) is 1.34. The lowest BCUT2D eigenvalue weighted by Crippen LogP contribution is -2.02. The number of aromatic nitrogens is 2. The van der Waals surface area contributed by atoms with E-state index in [4.69, 9.17) is 0 Å². The number of alkyl halides is 1. The quantitative estimate of drug-likeness (QED) is 0.449. The third-order valence-electron chi connectivity index (χ3n) is 1.57. The second kappa shape index (κ2) is 3.66. The Morgan fingerprint density at radius 1 is 1.83 bits per heavy atom. The van der Waals surface area contributed by atoms with Gasteiger partial charge in [-0.25, -0.2) is 4.57 Å². The molecule has 0 saturated heterocycles. The highest BCUT2D eigenvalue weighted by Crippen LogP contribution is 2.11. The highest BCUT2D eigenvalue weighted by Gasteiger charge is 2.15. The highest BCUT2D eigenvalue weighted by atomic mass is 79.9. The standard InChI is InChI=1S/C6H8BrN3O2/c1-9-5(2-3-7)4-8-6(9)10(11)12/h4H,2-3H2,1H3. The third kappa shape index (κ3) is 1.63. The minimum absolute atomic E-state index is 0.106. The van der Waals surface area contributed by atoms with Gasteiger partial charge in [-0.05, 0) is 4.92 Å². The van der Waals surface area contributed by atoms with Gasteiger partial charge in [-0.3, -0.25) is 0 Å². The first-order valence-corrected chi connectivity index (χ1v) is 4.50. The molecule has 0 N–H and O–H groups in total. The van der Waals surface area contributed by atoms with E-state index in [0.29, 0.717) is 0 Å². The Kier molecular flexibility index (Phi) is 2.80. The Labute approximate surface area is 77.7 Å². The molecule has 0 aliphatic carbocycles. The number of aryl methyl sites for hydroxylation is 1. The minimum Gasteiger partial charge on any atom is -0.390 e. The molecule has 66 valence electrons. The molecule has 1 aromatic rings. The zero-order valence-electron chi connectivity index (χ0n) is 6.53. The maximum atomic E-state index is 10.3. The summed E-state index contributed by atoms with van der Waals surface area (Å²) < 4.78 is 1.49. The van der Waals surface area contributed by atoms with Crippen molar-refractivity contribution in [3.63, 3.8) is 0 Å². The van der Waals surface area contributed by atoms with E-state index in [9.17, 15) is 10.1 Å². The Hall–Kier alpha value is -0.910. The van der Waals surface area contributed by atoms with E-state index in [1.54, 1.807) is 7.05 Å². The Morgan fingerprint density at radius 3 is 2.92 bits per heavy atom. The summed E-state index contributed by atoms with van der Waals surface area (Å²) in [5.74, 6) is -0.106. The molecule has 0 aliphatic rings. The van der Waals surface area contributed by atoms with E-state index in [2.05, 4.69) is 20.9 Å². The number of hydrogen-bond donors (Lipinski definition) is 0. The number of imidazole rings is 1. The molecule has 0 bridgehead atoms. The van der Waals surface area contributed by atoms with Crippen molar-refractivity contribution >= 4 is 21.9 Å². The lowest BCUT2D eigenvalue weighted by atomic mass is 10.4. The zero-order chi connectivity index (χ0) is 9.14. The van der Waals surface area contributed by atoms with Crippen molar-refractivity contribution in [2.24, 2.45) is 7.05 Å². The van der Waals surface area contributed by atoms with E-state index in [1.807, 2.05) is 0 Å². The molecule has 0 unspecified atom stereocenters. The number of nitro groups is 1. The van der Waals surface area contributed by atoms with E-state index in [-0.39, 0.29) is 5.95 Å². The Balaban J connectivity index is 2.96. The molecule has 0 amide bonds. The van der Waals surface area contributed by atoms with Crippen LogP contribution in [0.1, 0.15) is 5.69 Å². The van der Waals surface area contributed by atoms with Gasteiger partial charge in [-0.15, -0.1) is 0 Å². The molecule has 0 saturated carbocycles. The molecular formula is C6H8BrN3O2. The smallest absolute Gasteiger partial charge is 0.390 e. The summed E-state index contributed by atoms with van der Waals surface area (Å²) in [5, 5.41) is 11.1. The summed E-state index contributed by atoms with van der Waals surface area (Å²) in [4.78, 5) is 13.5. The Morgan fingerprint density at radius 2 is 2.50 bits per heavy atom. The maximum absolute atomic E-state index is 10.3. The van der Waals surface area contributed by atoms with Gasteiger partial charge < -0.3 is 10.1 Å². The Bertz CT molecular complexity index is 297. The molecule has 1 heterocycles. The zero-order valence-corrected chi connectivity index (χ0v) is 8.11. The van der Waals surface area contributed by atoms with Gasteiger partial charge in [-0.1, -0.05) is 20.9 Å². The number of rotatable bonds is 3. The van der Waals surface area contributed by atoms with Crippen molar-refractivity contribution in [1.29, 1.82) is 0 Å². The summed E-state index contributed by atoms with van der Waals surface area (Å²) in [6.45, 7) is 0. The topological polar surface area (TPSA) is 61.0 Å². The van der Waals surface area contributed by atoms with Gasteiger partial charge in [0.05, 0.1) is 7.05 Å². The van der Waals surface area contributed by atoms with Crippen LogP contribution >= 0.6 is 15.9 Å². The van der Waals surface area contributed by atoms with Gasteiger partial charge in [-0.2, -0.15) is 0 Å². The van der Waals surface area contributed by atoms with Crippen LogP contribution < -0.4 is 0 Å². The van der Waals surface area contributed by atoms with Crippen molar-refractivity contribution in [1.82, 2.24) is 9.55 Å². The molecule has 0 radical (unpaired) electrons. The first-order chi connectivity index (χ1) is 5.66. The fraction of sp³-hybridized carbons (Fsp3) is 0.500. The van der Waals surface area contributed by atoms with Crippen molar-refractivity contribution in [3.8, 4) is 0 Å². The fourth-order valence-electron chi connectivity index (χ4n) is 0.933. The van der Waals surface area contributed by atoms with Crippen LogP contribution in [0, 0.1) is 10.1 Å². The van der Waals surface area contributed by atoms with Gasteiger partial charge in [0.25, 0.3) is 0 Å². The molecule has 6 heteroatoms. The average molecular weight is 234 g/mol. The average Bonchev–Trinajstić information content (AvgIpc) is 2.34. The summed E-state index contributed by atoms with van der Waals surface area (Å²) >= 11 is 3.26. The predicted molar refractivity (Wildman–Crippen MR) is 47.4 cm³/mol. The molecule has 1 aromatic heterocycles. The minimum atomic E-state index is -0.488. The monoisotopic (exact) mass is 233 g/mol. The van der Waals surface area contributed by atoms with E-state index in [0.717, 1.165) is 17.4 Å². The lowest BCUT2D eigenvalue weighted by Gasteiger charge is -1.96. The molecule has 0 spiro atoms. The van der Waals surface area contributed by atoms with Gasteiger partial charge in [0.1, 0.15) is 11.9 Å². The molecule has 0 fully saturated rings. The van der Waals surface area contributed by atoms with Crippen LogP contribution in [-0.2, 0) is 13.5 Å². The molecule has 0 aromatic carbocycles. The molecule has 0 aliphatic heterocycles. The van der Waals surface area contributed by atoms with Crippen LogP contribution in [0.2, 0.25) is 0 Å². The van der Waals surface area contributed by atoms with Crippen LogP contribution in [0.15, 0.2) is 6.20 Å². The number of hydrogen-bond acceptors (Lipinski definition) is 3. The summed E-state index contributed by atoms with van der Waals surface area (Å²) in [6, 6.07) is 0. The number of nitrogens with zero attached hydrogens (tertiary/aromatic N) is 3. The molecule has 0 atom stereocenters. The van der Waals surface area contributed by atoms with E-state index < -0.39 is 4.92 Å². The summed E-state index contributed by atoms with van der Waals surface area (Å²) in [5.41, 5.74) is 0.860. The first-order valence-electron chi connectivity index (χ1n) is 3.37. The lowest BCUT2D eigenvalue weighted by molar-refractivity contribution is -0.396. The second-order valence-electron chi connectivity index (χ2n) is 2.30. The van der Waals surface area contributed by atoms with Crippen LogP contribution in [0.3, 0.4) is 0 Å². The van der Waals surface area contributed by atoms with Crippen LogP contribution in [-0.4, -0.2) is 19.8 Å². The third-order valence-corrected chi connectivity index (χ3v) is 1.97. The van der Waals surface area contributed by atoms with Gasteiger partial charge in [0.2, 0.25) is 0 Å². The van der Waals surface area contributed by atoms with Crippen molar-refractivity contribution in [2.45, 2.75) is 6.42 Å². The summed E-state index contributed by atoms with van der Waals surface area (Å²) in [7, 11) is 1.64. The number of halogens is 1. The van der Waals surface area contributed by atoms with Crippen molar-refractivity contribution in [2.75, 3.05) is 5.33 Å². The van der Waals surface area contributed by atoms with Crippen molar-refractivity contribution in [3.05, 3.63) is 22.0 Å². The van der Waals surface area contributed by atoms with Gasteiger partial charge >= 0.3 is 5.95 Å². The predicted octanol–water partition coefficient (Wildman–Crippen LogP) is 1.27. The van der Waals surface area contributed by atoms with Crippen LogP contribution in [0.4, 0.5) is 5.95 Å². The largest absolute Gasteiger partial charge is 0.434 e. The SMILES string of the molecule is Cn1c(CCBr)cnc1[N+](=O)[O-]. The normalized spacial score (nSPS) is 10.2. The van der Waals surface area contributed by atoms with Gasteiger partial charge in [0, 0.05) is 11.8 Å². The molecule has 12 heavy (non-hydrogen) atoms. The molecule has 5 nitrogen and oxygen atoms in total. The molecule has 1 rings (SSSR count). The highest BCUT2D eigenvalue weighted by molar-refractivity contribution is 9.09. The summed E-state index contributed by atoms with van der Waals surface area (Å²) in [6.07, 6.45) is 2.27. The van der Waals surface area contributed by atoms with Crippen LogP contribution in [0.25, 0.3) is 0 Å². The van der Waals surface area contributed by atoms with Crippen LogP contribution in [0.5, 0.6) is 0 Å². The second-order valence-corrected chi connectivity index (χ2v) is 3.10. The maximum Gasteiger partial charge on any atom is 0.434 e. The molecular weight excluding hydrogens is 226 g/mol.